The number of benzene rings is 1. The van der Waals surface area contributed by atoms with Crippen LogP contribution in [-0.4, -0.2) is 33.4 Å². The zero-order chi connectivity index (χ0) is 13.9. The summed E-state index contributed by atoms with van der Waals surface area (Å²) in [6.45, 7) is 3.13. The molecule has 5 nitrogen and oxygen atoms in total. The summed E-state index contributed by atoms with van der Waals surface area (Å²) in [5.41, 5.74) is 2.10. The molecule has 0 radical (unpaired) electrons. The summed E-state index contributed by atoms with van der Waals surface area (Å²) in [5, 5.41) is 12.3. The zero-order valence-corrected chi connectivity index (χ0v) is 11.6. The number of anilines is 1. The summed E-state index contributed by atoms with van der Waals surface area (Å²) in [5.74, 6) is 1.36. The molecule has 3 aromatic rings. The molecule has 5 heteroatoms. The van der Waals surface area contributed by atoms with Gasteiger partial charge in [0.25, 0.3) is 0 Å². The summed E-state index contributed by atoms with van der Waals surface area (Å²) < 4.78 is 1.69. The third-order valence-corrected chi connectivity index (χ3v) is 3.46. The van der Waals surface area contributed by atoms with Gasteiger partial charge in [0.2, 0.25) is 0 Å². The van der Waals surface area contributed by atoms with Gasteiger partial charge in [-0.15, -0.1) is 15.3 Å². The Morgan fingerprint density at radius 2 is 1.95 bits per heavy atom. The number of aromatic nitrogens is 4. The lowest BCUT2D eigenvalue weighted by Gasteiger charge is -2.22. The van der Waals surface area contributed by atoms with Crippen LogP contribution in [0.5, 0.6) is 0 Å². The largest absolute Gasteiger partial charge is 0.358 e. The van der Waals surface area contributed by atoms with Crippen LogP contribution in [0.4, 0.5) is 5.82 Å². The zero-order valence-electron chi connectivity index (χ0n) is 11.6. The van der Waals surface area contributed by atoms with Gasteiger partial charge in [0, 0.05) is 13.6 Å². The topological polar surface area (TPSA) is 46.3 Å². The van der Waals surface area contributed by atoms with Crippen molar-refractivity contribution in [2.75, 3.05) is 18.5 Å². The van der Waals surface area contributed by atoms with Crippen molar-refractivity contribution in [3.63, 3.8) is 0 Å². The van der Waals surface area contributed by atoms with Crippen LogP contribution in [-0.2, 0) is 0 Å². The molecule has 2 heterocycles. The van der Waals surface area contributed by atoms with Crippen LogP contribution < -0.4 is 4.90 Å². The van der Waals surface area contributed by atoms with E-state index in [9.17, 15) is 0 Å². The van der Waals surface area contributed by atoms with Crippen LogP contribution in [0, 0.1) is 0 Å². The normalized spacial score (nSPS) is 12.5. The first kappa shape index (κ1) is 12.6. The van der Waals surface area contributed by atoms with Crippen LogP contribution in [0.1, 0.15) is 18.4 Å². The van der Waals surface area contributed by atoms with Gasteiger partial charge in [-0.05, 0) is 23.6 Å². The van der Waals surface area contributed by atoms with E-state index in [0.717, 1.165) is 18.0 Å². The quantitative estimate of drug-likeness (QED) is 0.728. The van der Waals surface area contributed by atoms with E-state index >= 15 is 0 Å². The van der Waals surface area contributed by atoms with Crippen molar-refractivity contribution < 1.29 is 0 Å². The molecular formula is C15H17N5. The van der Waals surface area contributed by atoms with E-state index in [1.165, 1.54) is 5.56 Å². The van der Waals surface area contributed by atoms with Crippen LogP contribution in [0.3, 0.4) is 0 Å². The second-order valence-corrected chi connectivity index (χ2v) is 5.02. The Morgan fingerprint density at radius 1 is 1.15 bits per heavy atom. The molecule has 20 heavy (non-hydrogen) atoms. The summed E-state index contributed by atoms with van der Waals surface area (Å²) in [7, 11) is 2.05. The predicted molar refractivity (Wildman–Crippen MR) is 78.9 cm³/mol. The molecule has 0 bridgehead atoms. The van der Waals surface area contributed by atoms with Crippen molar-refractivity contribution in [3.8, 4) is 0 Å². The molecule has 0 spiro atoms. The maximum absolute atomic E-state index is 4.50. The van der Waals surface area contributed by atoms with Gasteiger partial charge in [0.05, 0.1) is 0 Å². The van der Waals surface area contributed by atoms with Crippen molar-refractivity contribution in [1.29, 1.82) is 0 Å². The average Bonchev–Trinajstić information content (AvgIpc) is 2.95. The highest BCUT2D eigenvalue weighted by Gasteiger charge is 2.11. The van der Waals surface area contributed by atoms with Gasteiger partial charge in [-0.2, -0.15) is 4.52 Å². The standard InChI is InChI=1S/C15H17N5/c1-12(13-6-4-3-5-7-13)10-19(2)15-9-8-14-17-16-11-20(14)18-15/h3-9,11-12H,10H2,1-2H3. The van der Waals surface area contributed by atoms with Crippen molar-refractivity contribution in [1.82, 2.24) is 19.8 Å². The minimum absolute atomic E-state index is 0.444. The molecule has 0 fully saturated rings. The molecule has 102 valence electrons. The van der Waals surface area contributed by atoms with Gasteiger partial charge in [0.1, 0.15) is 12.1 Å². The Hall–Kier alpha value is -2.43. The van der Waals surface area contributed by atoms with E-state index in [2.05, 4.69) is 58.4 Å². The second-order valence-electron chi connectivity index (χ2n) is 5.02. The molecule has 0 aliphatic carbocycles. The van der Waals surface area contributed by atoms with Gasteiger partial charge < -0.3 is 4.90 Å². The summed E-state index contributed by atoms with van der Waals surface area (Å²) in [4.78, 5) is 2.15. The maximum Gasteiger partial charge on any atom is 0.177 e. The highest BCUT2D eigenvalue weighted by molar-refractivity contribution is 5.44. The van der Waals surface area contributed by atoms with Crippen molar-refractivity contribution >= 4 is 11.5 Å². The molecule has 0 saturated carbocycles. The number of hydrogen-bond donors (Lipinski definition) is 0. The molecule has 1 unspecified atom stereocenters. The molecule has 0 N–H and O–H groups in total. The van der Waals surface area contributed by atoms with Gasteiger partial charge >= 0.3 is 0 Å². The summed E-state index contributed by atoms with van der Waals surface area (Å²) in [6.07, 6.45) is 1.62. The number of nitrogens with zero attached hydrogens (tertiary/aromatic N) is 5. The third kappa shape index (κ3) is 2.47. The fraction of sp³-hybridized carbons (Fsp3) is 0.267. The number of rotatable bonds is 4. The Bertz CT molecular complexity index is 692. The van der Waals surface area contributed by atoms with E-state index in [-0.39, 0.29) is 0 Å². The third-order valence-electron chi connectivity index (χ3n) is 3.46. The second kappa shape index (κ2) is 5.28. The highest BCUT2D eigenvalue weighted by atomic mass is 15.4. The van der Waals surface area contributed by atoms with Gasteiger partial charge in [-0.25, -0.2) is 0 Å². The Morgan fingerprint density at radius 3 is 2.75 bits per heavy atom. The van der Waals surface area contributed by atoms with Crippen LogP contribution in [0.25, 0.3) is 5.65 Å². The van der Waals surface area contributed by atoms with Crippen molar-refractivity contribution in [3.05, 3.63) is 54.4 Å². The Labute approximate surface area is 117 Å². The van der Waals surface area contributed by atoms with Gasteiger partial charge in [0.15, 0.2) is 5.65 Å². The molecule has 1 atom stereocenters. The fourth-order valence-electron chi connectivity index (χ4n) is 2.31. The van der Waals surface area contributed by atoms with E-state index < -0.39 is 0 Å². The molecule has 0 aliphatic rings. The smallest absolute Gasteiger partial charge is 0.177 e. The van der Waals surface area contributed by atoms with Crippen molar-refractivity contribution in [2.45, 2.75) is 12.8 Å². The van der Waals surface area contributed by atoms with Crippen LogP contribution in [0.15, 0.2) is 48.8 Å². The lowest BCUT2D eigenvalue weighted by atomic mass is 10.0. The minimum Gasteiger partial charge on any atom is -0.358 e. The molecule has 1 aromatic carbocycles. The lowest BCUT2D eigenvalue weighted by Crippen LogP contribution is -2.24. The van der Waals surface area contributed by atoms with Gasteiger partial charge in [-0.1, -0.05) is 37.3 Å². The first-order chi connectivity index (χ1) is 9.74. The molecule has 3 rings (SSSR count). The summed E-state index contributed by atoms with van der Waals surface area (Å²) >= 11 is 0. The Kier molecular flexibility index (Phi) is 3.33. The number of fused-ring (bicyclic) bond motifs is 1. The minimum atomic E-state index is 0.444. The first-order valence-corrected chi connectivity index (χ1v) is 6.67. The molecule has 2 aromatic heterocycles. The van der Waals surface area contributed by atoms with E-state index in [1.807, 2.05) is 18.2 Å². The average molecular weight is 267 g/mol. The molecule has 0 amide bonds. The van der Waals surface area contributed by atoms with Crippen molar-refractivity contribution in [2.24, 2.45) is 0 Å². The lowest BCUT2D eigenvalue weighted by molar-refractivity contribution is 0.718. The molecule has 0 aliphatic heterocycles. The molecular weight excluding hydrogens is 250 g/mol. The van der Waals surface area contributed by atoms with E-state index in [0.29, 0.717) is 5.92 Å². The summed E-state index contributed by atoms with van der Waals surface area (Å²) in [6, 6.07) is 14.4. The first-order valence-electron chi connectivity index (χ1n) is 6.67. The SMILES string of the molecule is CC(CN(C)c1ccc2nncn2n1)c1ccccc1. The fourth-order valence-corrected chi connectivity index (χ4v) is 2.31. The highest BCUT2D eigenvalue weighted by Crippen LogP contribution is 2.18. The van der Waals surface area contributed by atoms with Crippen LogP contribution in [0.2, 0.25) is 0 Å². The van der Waals surface area contributed by atoms with E-state index in [4.69, 9.17) is 0 Å². The maximum atomic E-state index is 4.50. The van der Waals surface area contributed by atoms with Crippen LogP contribution >= 0.6 is 0 Å². The monoisotopic (exact) mass is 267 g/mol. The van der Waals surface area contributed by atoms with E-state index in [1.54, 1.807) is 10.8 Å². The number of hydrogen-bond acceptors (Lipinski definition) is 4. The Balaban J connectivity index is 1.76. The predicted octanol–water partition coefficient (Wildman–Crippen LogP) is 2.36. The number of likely N-dealkylation sites (N-methyl/N-ethyl adjacent to an activating group) is 1. The molecule has 0 saturated heterocycles. The van der Waals surface area contributed by atoms with Gasteiger partial charge in [-0.3, -0.25) is 0 Å².